The number of benzene rings is 2. The minimum absolute atomic E-state index is 0.900. The van der Waals surface area contributed by atoms with E-state index >= 15 is 0 Å². The molecule has 0 saturated heterocycles. The van der Waals surface area contributed by atoms with Crippen molar-refractivity contribution in [3.63, 3.8) is 0 Å². The van der Waals surface area contributed by atoms with E-state index in [9.17, 15) is 0 Å². The fourth-order valence-corrected chi connectivity index (χ4v) is 2.58. The van der Waals surface area contributed by atoms with Gasteiger partial charge in [-0.2, -0.15) is 0 Å². The van der Waals surface area contributed by atoms with Crippen LogP contribution in [0.15, 0.2) is 40.9 Å². The minimum Gasteiger partial charge on any atom is -0.115 e. The summed E-state index contributed by atoms with van der Waals surface area (Å²) in [6.07, 6.45) is 5.47. The molecule has 0 atom stereocenters. The molecule has 84 valence electrons. The van der Waals surface area contributed by atoms with Gasteiger partial charge in [-0.3, -0.25) is 0 Å². The average molecular weight is 285 g/mol. The van der Waals surface area contributed by atoms with Gasteiger partial charge in [0.05, 0.1) is 0 Å². The molecule has 17 heavy (non-hydrogen) atoms. The molecule has 2 rings (SSSR count). The molecule has 0 radical (unpaired) electrons. The van der Waals surface area contributed by atoms with Gasteiger partial charge in [0.15, 0.2) is 0 Å². The van der Waals surface area contributed by atoms with E-state index in [1.807, 2.05) is 6.07 Å². The highest BCUT2D eigenvalue weighted by molar-refractivity contribution is 9.10. The molecule has 2 aromatic rings. The Kier molecular flexibility index (Phi) is 3.36. The molecule has 1 heteroatoms. The van der Waals surface area contributed by atoms with Gasteiger partial charge in [-0.25, -0.2) is 0 Å². The molecule has 0 nitrogen and oxygen atoms in total. The van der Waals surface area contributed by atoms with Crippen LogP contribution in [0.3, 0.4) is 0 Å². The maximum atomic E-state index is 5.47. The molecule has 0 aliphatic heterocycles. The summed E-state index contributed by atoms with van der Waals surface area (Å²) in [6, 6.07) is 12.4. The smallest absolute Gasteiger partial charge is 0.0259 e. The molecule has 2 aromatic carbocycles. The lowest BCUT2D eigenvalue weighted by atomic mass is 9.95. The molecule has 0 fully saturated rings. The number of halogens is 1. The van der Waals surface area contributed by atoms with Crippen LogP contribution in [0.25, 0.3) is 11.1 Å². The third-order valence-corrected chi connectivity index (χ3v) is 3.29. The van der Waals surface area contributed by atoms with Crippen LogP contribution in [-0.4, -0.2) is 0 Å². The number of rotatable bonds is 1. The highest BCUT2D eigenvalue weighted by Gasteiger charge is 2.06. The van der Waals surface area contributed by atoms with Crippen molar-refractivity contribution >= 4 is 15.9 Å². The average Bonchev–Trinajstić information content (AvgIpc) is 2.28. The zero-order valence-electron chi connectivity index (χ0n) is 9.92. The van der Waals surface area contributed by atoms with Gasteiger partial charge in [-0.1, -0.05) is 40.0 Å². The van der Waals surface area contributed by atoms with E-state index in [0.717, 1.165) is 10.0 Å². The summed E-state index contributed by atoms with van der Waals surface area (Å²) < 4.78 is 1.02. The predicted octanol–water partition coefficient (Wildman–Crippen LogP) is 4.71. The van der Waals surface area contributed by atoms with Gasteiger partial charge in [0, 0.05) is 10.0 Å². The second kappa shape index (κ2) is 4.77. The topological polar surface area (TPSA) is 0 Å². The van der Waals surface area contributed by atoms with E-state index in [2.05, 4.69) is 66.0 Å². The van der Waals surface area contributed by atoms with E-state index in [-0.39, 0.29) is 0 Å². The minimum atomic E-state index is 0.900. The molecule has 0 N–H and O–H groups in total. The van der Waals surface area contributed by atoms with Crippen molar-refractivity contribution in [2.24, 2.45) is 0 Å². The van der Waals surface area contributed by atoms with Gasteiger partial charge in [0.2, 0.25) is 0 Å². The van der Waals surface area contributed by atoms with Gasteiger partial charge < -0.3 is 0 Å². The van der Waals surface area contributed by atoms with E-state index in [1.165, 1.54) is 22.3 Å². The number of terminal acetylenes is 1. The molecule has 0 heterocycles. The van der Waals surface area contributed by atoms with Crippen LogP contribution in [0, 0.1) is 26.2 Å². The third kappa shape index (κ3) is 2.43. The zero-order chi connectivity index (χ0) is 12.4. The molecule has 0 aliphatic rings. The predicted molar refractivity (Wildman–Crippen MR) is 77.0 cm³/mol. The Hall–Kier alpha value is -1.52. The number of hydrogen-bond donors (Lipinski definition) is 0. The molecular weight excluding hydrogens is 272 g/mol. The molecular formula is C16H13Br. The molecule has 0 bridgehead atoms. The lowest BCUT2D eigenvalue weighted by Crippen LogP contribution is -1.89. The molecule has 0 aliphatic carbocycles. The second-order valence-corrected chi connectivity index (χ2v) is 5.06. The van der Waals surface area contributed by atoms with Crippen molar-refractivity contribution in [1.29, 1.82) is 0 Å². The zero-order valence-corrected chi connectivity index (χ0v) is 11.5. The first-order valence-corrected chi connectivity index (χ1v) is 6.25. The maximum Gasteiger partial charge on any atom is 0.0259 e. The fraction of sp³-hybridized carbons (Fsp3) is 0.125. The highest BCUT2D eigenvalue weighted by atomic mass is 79.9. The van der Waals surface area contributed by atoms with Crippen LogP contribution >= 0.6 is 15.9 Å². The van der Waals surface area contributed by atoms with Crippen LogP contribution in [0.1, 0.15) is 16.7 Å². The Morgan fingerprint density at radius 1 is 1.06 bits per heavy atom. The normalized spacial score (nSPS) is 10.0. The van der Waals surface area contributed by atoms with Crippen LogP contribution < -0.4 is 0 Å². The van der Waals surface area contributed by atoms with Crippen molar-refractivity contribution in [1.82, 2.24) is 0 Å². The molecule has 0 unspecified atom stereocenters. The van der Waals surface area contributed by atoms with E-state index in [0.29, 0.717) is 0 Å². The highest BCUT2D eigenvalue weighted by Crippen LogP contribution is 2.30. The van der Waals surface area contributed by atoms with Crippen LogP contribution in [0.5, 0.6) is 0 Å². The van der Waals surface area contributed by atoms with Crippen molar-refractivity contribution < 1.29 is 0 Å². The Morgan fingerprint density at radius 3 is 2.29 bits per heavy atom. The van der Waals surface area contributed by atoms with Crippen molar-refractivity contribution in [3.8, 4) is 23.5 Å². The molecule has 0 amide bonds. The van der Waals surface area contributed by atoms with Crippen molar-refractivity contribution in [2.45, 2.75) is 13.8 Å². The van der Waals surface area contributed by atoms with Gasteiger partial charge in [-0.05, 0) is 54.3 Å². The standard InChI is InChI=1S/C16H13Br/c1-4-13-8-14(10-15(17)9-13)16-11(2)6-5-7-12(16)3/h1,5-10H,2-3H3. The first-order chi connectivity index (χ1) is 8.11. The summed E-state index contributed by atoms with van der Waals surface area (Å²) in [7, 11) is 0. The Balaban J connectivity index is 2.69. The maximum absolute atomic E-state index is 5.47. The molecule has 0 aromatic heterocycles. The van der Waals surface area contributed by atoms with Gasteiger partial charge >= 0.3 is 0 Å². The van der Waals surface area contributed by atoms with Gasteiger partial charge in [0.1, 0.15) is 0 Å². The number of aryl methyl sites for hydroxylation is 2. The van der Waals surface area contributed by atoms with Crippen LogP contribution in [0.2, 0.25) is 0 Å². The summed E-state index contributed by atoms with van der Waals surface area (Å²) in [4.78, 5) is 0. The number of hydrogen-bond acceptors (Lipinski definition) is 0. The fourth-order valence-electron chi connectivity index (χ4n) is 2.09. The SMILES string of the molecule is C#Cc1cc(Br)cc(-c2c(C)cccc2C)c1. The summed E-state index contributed by atoms with van der Waals surface area (Å²) in [5.74, 6) is 2.69. The van der Waals surface area contributed by atoms with E-state index < -0.39 is 0 Å². The first kappa shape index (κ1) is 12.0. The Morgan fingerprint density at radius 2 is 1.71 bits per heavy atom. The summed E-state index contributed by atoms with van der Waals surface area (Å²) >= 11 is 3.50. The van der Waals surface area contributed by atoms with Gasteiger partial charge in [0.25, 0.3) is 0 Å². The Labute approximate surface area is 111 Å². The van der Waals surface area contributed by atoms with E-state index in [1.54, 1.807) is 0 Å². The first-order valence-electron chi connectivity index (χ1n) is 5.45. The quantitative estimate of drug-likeness (QED) is 0.665. The Bertz CT molecular complexity index is 583. The van der Waals surface area contributed by atoms with Crippen LogP contribution in [-0.2, 0) is 0 Å². The summed E-state index contributed by atoms with van der Waals surface area (Å²) in [5, 5.41) is 0. The van der Waals surface area contributed by atoms with Crippen molar-refractivity contribution in [3.05, 3.63) is 57.6 Å². The summed E-state index contributed by atoms with van der Waals surface area (Å²) in [6.45, 7) is 4.25. The second-order valence-electron chi connectivity index (χ2n) is 4.14. The van der Waals surface area contributed by atoms with Crippen LogP contribution in [0.4, 0.5) is 0 Å². The molecule has 0 saturated carbocycles. The lowest BCUT2D eigenvalue weighted by molar-refractivity contribution is 1.37. The van der Waals surface area contributed by atoms with Gasteiger partial charge in [-0.15, -0.1) is 6.42 Å². The summed E-state index contributed by atoms with van der Waals surface area (Å²) in [5.41, 5.74) is 5.88. The largest absolute Gasteiger partial charge is 0.115 e. The monoisotopic (exact) mass is 284 g/mol. The molecule has 0 spiro atoms. The lowest BCUT2D eigenvalue weighted by Gasteiger charge is -2.11. The van der Waals surface area contributed by atoms with E-state index in [4.69, 9.17) is 6.42 Å². The van der Waals surface area contributed by atoms with Crippen molar-refractivity contribution in [2.75, 3.05) is 0 Å². The third-order valence-electron chi connectivity index (χ3n) is 2.83.